The number of rotatable bonds is 8. The molecule has 8 heteroatoms. The van der Waals surface area contributed by atoms with Crippen LogP contribution in [0.2, 0.25) is 5.02 Å². The molecule has 0 bridgehead atoms. The molecule has 0 spiro atoms. The summed E-state index contributed by atoms with van der Waals surface area (Å²) in [6, 6.07) is 13.7. The Labute approximate surface area is 174 Å². The first kappa shape index (κ1) is 21.1. The van der Waals surface area contributed by atoms with Crippen LogP contribution >= 0.6 is 11.6 Å². The molecule has 1 aliphatic heterocycles. The van der Waals surface area contributed by atoms with Crippen molar-refractivity contribution in [3.05, 3.63) is 59.1 Å². The van der Waals surface area contributed by atoms with Crippen molar-refractivity contribution in [2.45, 2.75) is 0 Å². The molecule has 7 nitrogen and oxygen atoms in total. The molecule has 0 aliphatic carbocycles. The van der Waals surface area contributed by atoms with Crippen molar-refractivity contribution in [2.75, 3.05) is 51.3 Å². The van der Waals surface area contributed by atoms with Gasteiger partial charge in [0, 0.05) is 37.4 Å². The third-order valence-electron chi connectivity index (χ3n) is 4.44. The topological polar surface area (TPSA) is 79.9 Å². The second kappa shape index (κ2) is 10.8. The van der Waals surface area contributed by atoms with Crippen molar-refractivity contribution in [2.24, 2.45) is 0 Å². The first-order chi connectivity index (χ1) is 14.1. The number of benzene rings is 2. The van der Waals surface area contributed by atoms with Crippen LogP contribution in [0.4, 0.5) is 5.69 Å². The number of halogens is 1. The minimum Gasteiger partial charge on any atom is -0.482 e. The van der Waals surface area contributed by atoms with E-state index in [1.807, 2.05) is 0 Å². The lowest BCUT2D eigenvalue weighted by atomic mass is 10.2. The van der Waals surface area contributed by atoms with Gasteiger partial charge in [-0.15, -0.1) is 0 Å². The molecule has 154 valence electrons. The Morgan fingerprint density at radius 1 is 1.07 bits per heavy atom. The van der Waals surface area contributed by atoms with Crippen molar-refractivity contribution in [1.82, 2.24) is 10.2 Å². The van der Waals surface area contributed by atoms with Gasteiger partial charge in [0.2, 0.25) is 0 Å². The summed E-state index contributed by atoms with van der Waals surface area (Å²) in [6.07, 6.45) is 0. The molecule has 2 amide bonds. The molecule has 0 radical (unpaired) electrons. The van der Waals surface area contributed by atoms with Crippen LogP contribution in [-0.4, -0.2) is 62.7 Å². The van der Waals surface area contributed by atoms with Crippen molar-refractivity contribution >= 4 is 29.1 Å². The number of amides is 2. The minimum absolute atomic E-state index is 0.141. The van der Waals surface area contributed by atoms with Gasteiger partial charge >= 0.3 is 0 Å². The molecule has 0 saturated carbocycles. The van der Waals surface area contributed by atoms with E-state index in [-0.39, 0.29) is 18.4 Å². The summed E-state index contributed by atoms with van der Waals surface area (Å²) < 4.78 is 10.7. The third-order valence-corrected chi connectivity index (χ3v) is 4.76. The molecule has 3 rings (SSSR count). The van der Waals surface area contributed by atoms with E-state index in [0.717, 1.165) is 32.8 Å². The van der Waals surface area contributed by atoms with Gasteiger partial charge in [-0.1, -0.05) is 23.7 Å². The Balaban J connectivity index is 1.41. The molecule has 0 aromatic heterocycles. The van der Waals surface area contributed by atoms with Crippen LogP contribution < -0.4 is 15.4 Å². The Bertz CT molecular complexity index is 823. The first-order valence-electron chi connectivity index (χ1n) is 9.47. The number of carbonyl (C=O) groups is 2. The zero-order valence-corrected chi connectivity index (χ0v) is 16.8. The van der Waals surface area contributed by atoms with E-state index in [0.29, 0.717) is 28.6 Å². The number of hydrogen-bond acceptors (Lipinski definition) is 5. The van der Waals surface area contributed by atoms with E-state index in [2.05, 4.69) is 15.5 Å². The normalized spacial score (nSPS) is 14.2. The Hall–Kier alpha value is -2.61. The maximum atomic E-state index is 12.2. The van der Waals surface area contributed by atoms with E-state index in [1.54, 1.807) is 48.5 Å². The predicted octanol–water partition coefficient (Wildman–Crippen LogP) is 2.42. The lowest BCUT2D eigenvalue weighted by molar-refractivity contribution is -0.118. The molecule has 1 aliphatic rings. The SMILES string of the molecule is O=C(COc1ccccc1Cl)Nc1ccc(C(=O)NCCN2CCOCC2)cc1. The molecule has 1 saturated heterocycles. The van der Waals surface area contributed by atoms with Gasteiger partial charge in [-0.3, -0.25) is 14.5 Å². The van der Waals surface area contributed by atoms with E-state index >= 15 is 0 Å². The van der Waals surface area contributed by atoms with Gasteiger partial charge in [-0.2, -0.15) is 0 Å². The number of para-hydroxylation sites is 1. The zero-order valence-electron chi connectivity index (χ0n) is 16.0. The number of hydrogen-bond donors (Lipinski definition) is 2. The van der Waals surface area contributed by atoms with Gasteiger partial charge in [0.25, 0.3) is 11.8 Å². The number of carbonyl (C=O) groups excluding carboxylic acids is 2. The number of morpholine rings is 1. The van der Waals surface area contributed by atoms with Crippen LogP contribution in [0.1, 0.15) is 10.4 Å². The maximum absolute atomic E-state index is 12.2. The summed E-state index contributed by atoms with van der Waals surface area (Å²) in [5.74, 6) is -0.000707. The predicted molar refractivity (Wildman–Crippen MR) is 112 cm³/mol. The molecule has 2 N–H and O–H groups in total. The van der Waals surface area contributed by atoms with Crippen molar-refractivity contribution in [3.8, 4) is 5.75 Å². The highest BCUT2D eigenvalue weighted by molar-refractivity contribution is 6.32. The van der Waals surface area contributed by atoms with Gasteiger partial charge in [-0.05, 0) is 36.4 Å². The smallest absolute Gasteiger partial charge is 0.262 e. The Morgan fingerprint density at radius 3 is 2.52 bits per heavy atom. The first-order valence-corrected chi connectivity index (χ1v) is 9.85. The van der Waals surface area contributed by atoms with Gasteiger partial charge in [0.15, 0.2) is 6.61 Å². The molecule has 0 unspecified atom stereocenters. The molecular formula is C21H24ClN3O4. The van der Waals surface area contributed by atoms with Gasteiger partial charge in [0.05, 0.1) is 18.2 Å². The second-order valence-corrected chi connectivity index (χ2v) is 6.96. The molecular weight excluding hydrogens is 394 g/mol. The molecule has 29 heavy (non-hydrogen) atoms. The standard InChI is InChI=1S/C21H24ClN3O4/c22-18-3-1-2-4-19(18)29-15-20(26)24-17-7-5-16(6-8-17)21(27)23-9-10-25-11-13-28-14-12-25/h1-8H,9-15H2,(H,23,27)(H,24,26). The van der Waals surface area contributed by atoms with Gasteiger partial charge in [-0.25, -0.2) is 0 Å². The summed E-state index contributed by atoms with van der Waals surface area (Å²) in [4.78, 5) is 26.5. The van der Waals surface area contributed by atoms with Crippen molar-refractivity contribution in [3.63, 3.8) is 0 Å². The fourth-order valence-corrected chi connectivity index (χ4v) is 3.05. The number of anilines is 1. The van der Waals surface area contributed by atoms with Crippen LogP contribution in [-0.2, 0) is 9.53 Å². The lowest BCUT2D eigenvalue weighted by Crippen LogP contribution is -2.41. The maximum Gasteiger partial charge on any atom is 0.262 e. The van der Waals surface area contributed by atoms with Crippen LogP contribution in [0.5, 0.6) is 5.75 Å². The number of ether oxygens (including phenoxy) is 2. The van der Waals surface area contributed by atoms with E-state index in [9.17, 15) is 9.59 Å². The average molecular weight is 418 g/mol. The third kappa shape index (κ3) is 6.74. The van der Waals surface area contributed by atoms with Crippen LogP contribution in [0.25, 0.3) is 0 Å². The van der Waals surface area contributed by atoms with E-state index in [1.165, 1.54) is 0 Å². The van der Waals surface area contributed by atoms with E-state index < -0.39 is 0 Å². The summed E-state index contributed by atoms with van der Waals surface area (Å²) in [5, 5.41) is 6.08. The molecule has 2 aromatic rings. The fraction of sp³-hybridized carbons (Fsp3) is 0.333. The van der Waals surface area contributed by atoms with E-state index in [4.69, 9.17) is 21.1 Å². The highest BCUT2D eigenvalue weighted by Gasteiger charge is 2.11. The zero-order chi connectivity index (χ0) is 20.5. The van der Waals surface area contributed by atoms with Crippen molar-refractivity contribution < 1.29 is 19.1 Å². The molecule has 2 aromatic carbocycles. The minimum atomic E-state index is -0.312. The van der Waals surface area contributed by atoms with Crippen LogP contribution in [0, 0.1) is 0 Å². The quantitative estimate of drug-likeness (QED) is 0.689. The Kier molecular flexibility index (Phi) is 7.86. The number of nitrogens with zero attached hydrogens (tertiary/aromatic N) is 1. The summed E-state index contributed by atoms with van der Waals surface area (Å²) in [7, 11) is 0. The fourth-order valence-electron chi connectivity index (χ4n) is 2.86. The number of nitrogens with one attached hydrogen (secondary N) is 2. The molecule has 1 fully saturated rings. The summed E-state index contributed by atoms with van der Waals surface area (Å²) in [5.41, 5.74) is 1.12. The summed E-state index contributed by atoms with van der Waals surface area (Å²) >= 11 is 5.99. The Morgan fingerprint density at radius 2 is 1.79 bits per heavy atom. The largest absolute Gasteiger partial charge is 0.482 e. The monoisotopic (exact) mass is 417 g/mol. The van der Waals surface area contributed by atoms with Gasteiger partial charge < -0.3 is 20.1 Å². The second-order valence-electron chi connectivity index (χ2n) is 6.55. The molecule has 0 atom stereocenters. The van der Waals surface area contributed by atoms with Crippen LogP contribution in [0.3, 0.4) is 0 Å². The highest BCUT2D eigenvalue weighted by atomic mass is 35.5. The van der Waals surface area contributed by atoms with Crippen LogP contribution in [0.15, 0.2) is 48.5 Å². The average Bonchev–Trinajstić information content (AvgIpc) is 2.74. The lowest BCUT2D eigenvalue weighted by Gasteiger charge is -2.26. The molecule has 1 heterocycles. The summed E-state index contributed by atoms with van der Waals surface area (Å²) in [6.45, 7) is 4.49. The van der Waals surface area contributed by atoms with Gasteiger partial charge in [0.1, 0.15) is 5.75 Å². The highest BCUT2D eigenvalue weighted by Crippen LogP contribution is 2.23. The van der Waals surface area contributed by atoms with Crippen molar-refractivity contribution in [1.29, 1.82) is 0 Å².